The van der Waals surface area contributed by atoms with Gasteiger partial charge in [-0.05, 0) is 69.7 Å². The second kappa shape index (κ2) is 10.2. The third kappa shape index (κ3) is 5.12. The summed E-state index contributed by atoms with van der Waals surface area (Å²) in [5, 5.41) is 17.8. The van der Waals surface area contributed by atoms with Crippen molar-refractivity contribution in [2.75, 3.05) is 5.32 Å². The summed E-state index contributed by atoms with van der Waals surface area (Å²) in [5.41, 5.74) is 7.87. The number of anilines is 1. The molecule has 2 aromatic carbocycles. The highest BCUT2D eigenvalue weighted by molar-refractivity contribution is 7.80. The summed E-state index contributed by atoms with van der Waals surface area (Å²) < 4.78 is 3.87. The molecule has 0 radical (unpaired) electrons. The fourth-order valence-corrected chi connectivity index (χ4v) is 4.56. The Kier molecular flexibility index (Phi) is 7.26. The normalized spacial score (nSPS) is 11.0. The maximum absolute atomic E-state index is 6.35. The fourth-order valence-electron chi connectivity index (χ4n) is 3.92. The maximum atomic E-state index is 6.35. The van der Waals surface area contributed by atoms with Crippen LogP contribution in [0.25, 0.3) is 5.69 Å². The third-order valence-electron chi connectivity index (χ3n) is 5.82. The molecule has 0 aliphatic rings. The number of hydrogen-bond acceptors (Lipinski definition) is 3. The van der Waals surface area contributed by atoms with Crippen molar-refractivity contribution < 1.29 is 0 Å². The molecule has 0 bridgehead atoms. The molecule has 0 spiro atoms. The molecule has 0 unspecified atom stereocenters. The van der Waals surface area contributed by atoms with Gasteiger partial charge in [0.15, 0.2) is 5.11 Å². The van der Waals surface area contributed by atoms with Crippen molar-refractivity contribution in [3.05, 3.63) is 92.5 Å². The molecule has 0 fully saturated rings. The van der Waals surface area contributed by atoms with E-state index >= 15 is 0 Å². The second-order valence-electron chi connectivity index (χ2n) is 8.14. The van der Waals surface area contributed by atoms with Crippen molar-refractivity contribution in [2.24, 2.45) is 0 Å². The van der Waals surface area contributed by atoms with E-state index in [1.54, 1.807) is 6.07 Å². The summed E-state index contributed by atoms with van der Waals surface area (Å²) >= 11 is 18.0. The van der Waals surface area contributed by atoms with Gasteiger partial charge in [0.05, 0.1) is 35.0 Å². The lowest BCUT2D eigenvalue weighted by Gasteiger charge is -2.12. The quantitative estimate of drug-likeness (QED) is 0.303. The molecule has 9 heteroatoms. The van der Waals surface area contributed by atoms with Crippen molar-refractivity contribution >= 4 is 46.2 Å². The van der Waals surface area contributed by atoms with Crippen LogP contribution in [-0.2, 0) is 13.1 Å². The number of rotatable bonds is 6. The van der Waals surface area contributed by atoms with Crippen LogP contribution < -0.4 is 10.6 Å². The summed E-state index contributed by atoms with van der Waals surface area (Å²) in [6.07, 6.45) is 0. The Morgan fingerprint density at radius 3 is 2.38 bits per heavy atom. The van der Waals surface area contributed by atoms with Gasteiger partial charge in [-0.2, -0.15) is 10.2 Å². The molecule has 4 aromatic rings. The minimum Gasteiger partial charge on any atom is -0.358 e. The van der Waals surface area contributed by atoms with Crippen LogP contribution >= 0.6 is 35.4 Å². The number of hydrogen-bond donors (Lipinski definition) is 2. The number of aromatic nitrogens is 4. The van der Waals surface area contributed by atoms with E-state index < -0.39 is 0 Å². The van der Waals surface area contributed by atoms with Crippen LogP contribution in [0, 0.1) is 27.7 Å². The van der Waals surface area contributed by atoms with Gasteiger partial charge in [-0.1, -0.05) is 47.5 Å². The molecule has 2 N–H and O–H groups in total. The molecule has 0 aliphatic heterocycles. The largest absolute Gasteiger partial charge is 0.358 e. The first-order valence-electron chi connectivity index (χ1n) is 10.9. The van der Waals surface area contributed by atoms with Gasteiger partial charge in [-0.25, -0.2) is 4.68 Å². The zero-order valence-electron chi connectivity index (χ0n) is 19.5. The second-order valence-corrected chi connectivity index (χ2v) is 9.40. The molecule has 0 atom stereocenters. The summed E-state index contributed by atoms with van der Waals surface area (Å²) in [4.78, 5) is 0. The lowest BCUT2D eigenvalue weighted by molar-refractivity contribution is 0.659. The van der Waals surface area contributed by atoms with E-state index in [-0.39, 0.29) is 0 Å². The number of halogens is 2. The van der Waals surface area contributed by atoms with Crippen LogP contribution in [0.15, 0.2) is 48.5 Å². The highest BCUT2D eigenvalue weighted by Gasteiger charge is 2.16. The Balaban J connectivity index is 1.45. The zero-order chi connectivity index (χ0) is 24.4. The monoisotopic (exact) mass is 512 g/mol. The van der Waals surface area contributed by atoms with Gasteiger partial charge in [0.2, 0.25) is 0 Å². The van der Waals surface area contributed by atoms with E-state index in [0.717, 1.165) is 45.3 Å². The van der Waals surface area contributed by atoms with Crippen molar-refractivity contribution in [3.63, 3.8) is 0 Å². The molecule has 0 aliphatic carbocycles. The highest BCUT2D eigenvalue weighted by atomic mass is 35.5. The summed E-state index contributed by atoms with van der Waals surface area (Å²) in [5.74, 6) is 0. The summed E-state index contributed by atoms with van der Waals surface area (Å²) in [7, 11) is 0. The number of para-hydroxylation sites is 1. The Morgan fingerprint density at radius 1 is 0.941 bits per heavy atom. The molecular weight excluding hydrogens is 487 g/mol. The lowest BCUT2D eigenvalue weighted by Crippen LogP contribution is -2.28. The molecule has 0 amide bonds. The Morgan fingerprint density at radius 2 is 1.68 bits per heavy atom. The van der Waals surface area contributed by atoms with Gasteiger partial charge in [0, 0.05) is 27.8 Å². The van der Waals surface area contributed by atoms with Crippen molar-refractivity contribution in [3.8, 4) is 5.69 Å². The van der Waals surface area contributed by atoms with Crippen LogP contribution in [0.1, 0.15) is 33.9 Å². The van der Waals surface area contributed by atoms with Crippen LogP contribution in [-0.4, -0.2) is 24.7 Å². The maximum Gasteiger partial charge on any atom is 0.171 e. The van der Waals surface area contributed by atoms with Crippen molar-refractivity contribution in [2.45, 2.75) is 40.8 Å². The molecule has 34 heavy (non-hydrogen) atoms. The van der Waals surface area contributed by atoms with Crippen LogP contribution in [0.5, 0.6) is 0 Å². The van der Waals surface area contributed by atoms with E-state index in [2.05, 4.69) is 22.7 Å². The van der Waals surface area contributed by atoms with E-state index in [0.29, 0.717) is 28.2 Å². The molecule has 0 saturated carbocycles. The van der Waals surface area contributed by atoms with E-state index in [9.17, 15) is 0 Å². The van der Waals surface area contributed by atoms with Crippen LogP contribution in [0.4, 0.5) is 5.69 Å². The minimum absolute atomic E-state index is 0.529. The van der Waals surface area contributed by atoms with E-state index in [1.165, 1.54) is 0 Å². The fraction of sp³-hybridized carbons (Fsp3) is 0.240. The van der Waals surface area contributed by atoms with Gasteiger partial charge in [-0.3, -0.25) is 4.68 Å². The predicted molar refractivity (Wildman–Crippen MR) is 143 cm³/mol. The standard InChI is InChI=1S/C25H26Cl2N6S/c1-15-22(17(3)33(31-15)21-8-6-5-7-9-21)13-28-25(34)29-24-16(2)30-32(18(24)4)14-19-10-11-20(26)12-23(19)27/h5-12H,13-14H2,1-4H3,(H2,28,29,34). The van der Waals surface area contributed by atoms with Gasteiger partial charge >= 0.3 is 0 Å². The SMILES string of the molecule is Cc1nn(-c2ccccc2)c(C)c1CNC(=S)Nc1c(C)nn(Cc2ccc(Cl)cc2Cl)c1C. The van der Waals surface area contributed by atoms with Gasteiger partial charge in [0.1, 0.15) is 0 Å². The van der Waals surface area contributed by atoms with Crippen molar-refractivity contribution in [1.29, 1.82) is 0 Å². The Labute approximate surface area is 214 Å². The van der Waals surface area contributed by atoms with Gasteiger partial charge in [0.25, 0.3) is 0 Å². The molecule has 2 aromatic heterocycles. The molecule has 4 rings (SSSR count). The van der Waals surface area contributed by atoms with Gasteiger partial charge in [-0.15, -0.1) is 0 Å². The summed E-state index contributed by atoms with van der Waals surface area (Å²) in [6, 6.07) is 15.6. The van der Waals surface area contributed by atoms with Crippen molar-refractivity contribution in [1.82, 2.24) is 24.9 Å². The predicted octanol–water partition coefficient (Wildman–Crippen LogP) is 6.14. The minimum atomic E-state index is 0.529. The highest BCUT2D eigenvalue weighted by Crippen LogP contribution is 2.25. The van der Waals surface area contributed by atoms with Crippen LogP contribution in [0.2, 0.25) is 10.0 Å². The summed E-state index contributed by atoms with van der Waals surface area (Å²) in [6.45, 7) is 9.16. The third-order valence-corrected chi connectivity index (χ3v) is 6.66. The number of nitrogens with zero attached hydrogens (tertiary/aromatic N) is 4. The first-order chi connectivity index (χ1) is 16.2. The Hall–Kier alpha value is -2.87. The van der Waals surface area contributed by atoms with Crippen LogP contribution in [0.3, 0.4) is 0 Å². The zero-order valence-corrected chi connectivity index (χ0v) is 21.8. The van der Waals surface area contributed by atoms with Gasteiger partial charge < -0.3 is 10.6 Å². The van der Waals surface area contributed by atoms with E-state index in [4.69, 9.17) is 40.5 Å². The molecule has 6 nitrogen and oxygen atoms in total. The average molecular weight is 513 g/mol. The number of nitrogens with one attached hydrogen (secondary N) is 2. The average Bonchev–Trinajstić information content (AvgIpc) is 3.24. The molecule has 176 valence electrons. The molecule has 0 saturated heterocycles. The smallest absolute Gasteiger partial charge is 0.171 e. The lowest BCUT2D eigenvalue weighted by atomic mass is 10.2. The topological polar surface area (TPSA) is 59.7 Å². The first-order valence-corrected chi connectivity index (χ1v) is 12.0. The van der Waals surface area contributed by atoms with E-state index in [1.807, 2.05) is 72.6 Å². The number of aryl methyl sites for hydroxylation is 2. The molecule has 2 heterocycles. The number of thiocarbonyl (C=S) groups is 1. The Bertz CT molecular complexity index is 1340. The molecular formula is C25H26Cl2N6S. The number of benzene rings is 2. The first kappa shape index (κ1) is 24.3.